The second-order valence-electron chi connectivity index (χ2n) is 13.1. The predicted molar refractivity (Wildman–Crippen MR) is 181 cm³/mol. The lowest BCUT2D eigenvalue weighted by Crippen LogP contribution is -2.37. The molecule has 0 saturated heterocycles. The molecule has 4 N–H and O–H groups in total. The standard InChI is InChI=1S/C39H40N2O7/c1-40-20-46-35-18-31-30-15-24(14-21-3-9-32-22(13-21)11-12-41-32)29-17-25(43)5-7-27(29)36(30)39-28(8-6-26(19-42)47-39)38(31)48-37(35)23-4-10-33(44)34(16-23)45-2/h3-5,7,9-11,13,16-17,24,26,35,37,40,42-44H,6,8,12,14-15,18-20H2,1-2H3. The van der Waals surface area contributed by atoms with E-state index in [1.54, 1.807) is 12.1 Å². The normalized spacial score (nSPS) is 21.6. The number of benzene rings is 4. The molecule has 3 aliphatic heterocycles. The van der Waals surface area contributed by atoms with Crippen LogP contribution >= 0.6 is 0 Å². The number of fused-ring (bicyclic) bond motifs is 9. The van der Waals surface area contributed by atoms with Crippen molar-refractivity contribution in [2.75, 3.05) is 34.0 Å². The number of hydrogen-bond acceptors (Lipinski definition) is 9. The van der Waals surface area contributed by atoms with Crippen LogP contribution in [0.5, 0.6) is 28.7 Å². The van der Waals surface area contributed by atoms with Crippen LogP contribution in [0.4, 0.5) is 0 Å². The van der Waals surface area contributed by atoms with Gasteiger partial charge in [0, 0.05) is 23.1 Å². The number of aromatic hydroxyl groups is 2. The van der Waals surface area contributed by atoms with Crippen molar-refractivity contribution in [2.24, 2.45) is 4.99 Å². The van der Waals surface area contributed by atoms with Gasteiger partial charge in [0.25, 0.3) is 0 Å². The molecule has 9 heteroatoms. The monoisotopic (exact) mass is 648 g/mol. The molecule has 4 aromatic rings. The molecule has 4 unspecified atom stereocenters. The Morgan fingerprint density at radius 2 is 1.85 bits per heavy atom. The second-order valence-corrected chi connectivity index (χ2v) is 13.1. The summed E-state index contributed by atoms with van der Waals surface area (Å²) in [6, 6.07) is 17.5. The van der Waals surface area contributed by atoms with Crippen molar-refractivity contribution in [1.29, 1.82) is 0 Å². The summed E-state index contributed by atoms with van der Waals surface area (Å²) in [4.78, 5) is 4.57. The van der Waals surface area contributed by atoms with Gasteiger partial charge in [0.15, 0.2) is 17.6 Å². The lowest BCUT2D eigenvalue weighted by atomic mass is 9.72. The zero-order valence-corrected chi connectivity index (χ0v) is 27.2. The van der Waals surface area contributed by atoms with E-state index < -0.39 is 6.10 Å². The highest BCUT2D eigenvalue weighted by molar-refractivity contribution is 5.85. The highest BCUT2D eigenvalue weighted by Gasteiger charge is 2.42. The van der Waals surface area contributed by atoms with E-state index in [9.17, 15) is 15.3 Å². The van der Waals surface area contributed by atoms with Gasteiger partial charge >= 0.3 is 0 Å². The Kier molecular flexibility index (Phi) is 7.99. The summed E-state index contributed by atoms with van der Waals surface area (Å²) in [7, 11) is 3.39. The summed E-state index contributed by atoms with van der Waals surface area (Å²) >= 11 is 0. The third-order valence-electron chi connectivity index (χ3n) is 10.2. The minimum absolute atomic E-state index is 0.0615. The summed E-state index contributed by atoms with van der Waals surface area (Å²) < 4.78 is 25.5. The van der Waals surface area contributed by atoms with Gasteiger partial charge in [0.1, 0.15) is 29.5 Å². The molecular formula is C39H40N2O7. The fraction of sp³-hybridized carbons (Fsp3) is 0.359. The van der Waals surface area contributed by atoms with Crippen molar-refractivity contribution in [3.05, 3.63) is 98.6 Å². The van der Waals surface area contributed by atoms with Crippen LogP contribution < -0.4 is 30.1 Å². The van der Waals surface area contributed by atoms with Crippen LogP contribution in [0.25, 0.3) is 17.2 Å². The number of aliphatic hydroxyl groups is 1. The molecule has 8 rings (SSSR count). The fourth-order valence-electron chi connectivity index (χ4n) is 7.97. The number of ether oxygens (including phenoxy) is 4. The van der Waals surface area contributed by atoms with Crippen molar-refractivity contribution in [1.82, 2.24) is 5.32 Å². The maximum atomic E-state index is 10.7. The highest BCUT2D eigenvalue weighted by atomic mass is 16.6. The van der Waals surface area contributed by atoms with Crippen molar-refractivity contribution < 1.29 is 34.3 Å². The molecule has 0 spiro atoms. The molecule has 3 heterocycles. The van der Waals surface area contributed by atoms with Gasteiger partial charge in [-0.1, -0.05) is 24.3 Å². The maximum absolute atomic E-state index is 10.7. The van der Waals surface area contributed by atoms with E-state index in [0.29, 0.717) is 38.3 Å². The van der Waals surface area contributed by atoms with Gasteiger partial charge in [-0.25, -0.2) is 0 Å². The fourth-order valence-corrected chi connectivity index (χ4v) is 7.97. The lowest BCUT2D eigenvalue weighted by Gasteiger charge is -2.41. The number of rotatable bonds is 8. The largest absolute Gasteiger partial charge is 0.508 e. The van der Waals surface area contributed by atoms with Gasteiger partial charge in [-0.3, -0.25) is 10.3 Å². The molecule has 9 nitrogen and oxygen atoms in total. The molecule has 4 atom stereocenters. The minimum atomic E-state index is -0.463. The van der Waals surface area contributed by atoms with Gasteiger partial charge in [-0.15, -0.1) is 0 Å². The summed E-state index contributed by atoms with van der Waals surface area (Å²) in [5.41, 5.74) is 8.48. The average molecular weight is 649 g/mol. The third-order valence-corrected chi connectivity index (χ3v) is 10.2. The number of nitrogens with one attached hydrogen (secondary N) is 1. The molecular weight excluding hydrogens is 608 g/mol. The molecule has 0 fully saturated rings. The van der Waals surface area contributed by atoms with Crippen molar-refractivity contribution >= 4 is 6.08 Å². The van der Waals surface area contributed by atoms with E-state index >= 15 is 0 Å². The van der Waals surface area contributed by atoms with E-state index in [-0.39, 0.29) is 36.2 Å². The zero-order chi connectivity index (χ0) is 32.9. The van der Waals surface area contributed by atoms with Crippen LogP contribution in [-0.4, -0.2) is 61.6 Å². The topological polar surface area (TPSA) is 122 Å². The Labute approximate surface area is 279 Å². The SMILES string of the molecule is CNCOC1Cc2c3c(c4c(c2OC1c1ccc(O)c(OC)c1)CCC(CO)O4)-c1ccc(O)cc1C(Cc1ccc2c(c1)=CCN=2)C3. The Morgan fingerprint density at radius 3 is 2.69 bits per heavy atom. The molecule has 48 heavy (non-hydrogen) atoms. The smallest absolute Gasteiger partial charge is 0.160 e. The molecule has 0 radical (unpaired) electrons. The molecule has 0 saturated carbocycles. The number of phenolic OH excluding ortho intramolecular Hbond substituents is 2. The van der Waals surface area contributed by atoms with E-state index in [1.807, 2.05) is 31.3 Å². The average Bonchev–Trinajstić information content (AvgIpc) is 3.58. The minimum Gasteiger partial charge on any atom is -0.508 e. The van der Waals surface area contributed by atoms with Crippen LogP contribution in [0.2, 0.25) is 0 Å². The maximum Gasteiger partial charge on any atom is 0.160 e. The molecule has 0 aromatic heterocycles. The highest BCUT2D eigenvalue weighted by Crippen LogP contribution is 2.56. The Balaban J connectivity index is 1.29. The van der Waals surface area contributed by atoms with Crippen LogP contribution in [0.1, 0.15) is 51.8 Å². The van der Waals surface area contributed by atoms with Gasteiger partial charge < -0.3 is 34.3 Å². The van der Waals surface area contributed by atoms with Crippen molar-refractivity contribution in [2.45, 2.75) is 56.3 Å². The molecule has 0 amide bonds. The lowest BCUT2D eigenvalue weighted by molar-refractivity contribution is -0.0436. The van der Waals surface area contributed by atoms with Gasteiger partial charge in [-0.05, 0) is 108 Å². The summed E-state index contributed by atoms with van der Waals surface area (Å²) in [6.07, 6.45) is 4.53. The zero-order valence-electron chi connectivity index (χ0n) is 27.2. The van der Waals surface area contributed by atoms with Crippen molar-refractivity contribution in [3.8, 4) is 39.9 Å². The van der Waals surface area contributed by atoms with Gasteiger partial charge in [0.05, 0.1) is 32.3 Å². The van der Waals surface area contributed by atoms with Crippen LogP contribution in [0.15, 0.2) is 59.6 Å². The van der Waals surface area contributed by atoms with Crippen LogP contribution in [0.3, 0.4) is 0 Å². The van der Waals surface area contributed by atoms with Gasteiger partial charge in [0.2, 0.25) is 0 Å². The summed E-state index contributed by atoms with van der Waals surface area (Å²) in [6.45, 7) is 0.984. The van der Waals surface area contributed by atoms with Gasteiger partial charge in [-0.2, -0.15) is 0 Å². The van der Waals surface area contributed by atoms with E-state index in [2.05, 4.69) is 34.6 Å². The quantitative estimate of drug-likeness (QED) is 0.212. The molecule has 4 aliphatic rings. The molecule has 248 valence electrons. The van der Waals surface area contributed by atoms with Crippen LogP contribution in [-0.2, 0) is 30.4 Å². The molecule has 0 bridgehead atoms. The van der Waals surface area contributed by atoms with E-state index in [1.165, 1.54) is 17.9 Å². The first-order valence-electron chi connectivity index (χ1n) is 16.7. The number of nitrogens with zero attached hydrogens (tertiary/aromatic N) is 1. The Hall–Kier alpha value is -4.57. The first-order valence-corrected chi connectivity index (χ1v) is 16.7. The van der Waals surface area contributed by atoms with E-state index in [4.69, 9.17) is 18.9 Å². The second kappa shape index (κ2) is 12.5. The number of hydrogen-bond donors (Lipinski definition) is 4. The van der Waals surface area contributed by atoms with Crippen LogP contribution in [0, 0.1) is 0 Å². The Bertz CT molecular complexity index is 2030. The van der Waals surface area contributed by atoms with E-state index in [0.717, 1.165) is 68.6 Å². The first-order chi connectivity index (χ1) is 23.4. The van der Waals surface area contributed by atoms with Crippen molar-refractivity contribution in [3.63, 3.8) is 0 Å². The Morgan fingerprint density at radius 1 is 0.958 bits per heavy atom. The molecule has 4 aromatic carbocycles. The third kappa shape index (κ3) is 5.26. The number of methoxy groups -OCH3 is 1. The first kappa shape index (κ1) is 30.7. The predicted octanol–water partition coefficient (Wildman–Crippen LogP) is 3.99. The summed E-state index contributed by atoms with van der Waals surface area (Å²) in [5.74, 6) is 2.33. The number of phenols is 2. The summed E-state index contributed by atoms with van der Waals surface area (Å²) in [5, 5.41) is 36.6. The number of aliphatic hydroxyl groups excluding tert-OH is 1. The molecule has 1 aliphatic carbocycles.